The maximum absolute atomic E-state index is 14.0. The third-order valence-electron chi connectivity index (χ3n) is 4.65. The predicted molar refractivity (Wildman–Crippen MR) is 80.8 cm³/mol. The van der Waals surface area contributed by atoms with Crippen molar-refractivity contribution in [1.82, 2.24) is 4.90 Å². The number of halogens is 1. The number of ether oxygens (including phenoxy) is 2. The van der Waals surface area contributed by atoms with Gasteiger partial charge in [-0.25, -0.2) is 4.39 Å². The van der Waals surface area contributed by atoms with E-state index < -0.39 is 24.4 Å². The normalized spacial score (nSPS) is 27.5. The topological polar surface area (TPSA) is 79.2 Å². The molecule has 0 aromatic heterocycles. The van der Waals surface area contributed by atoms with E-state index in [1.54, 1.807) is 4.90 Å². The van der Waals surface area contributed by atoms with Crippen LogP contribution in [-0.2, 0) is 9.47 Å². The van der Waals surface area contributed by atoms with Gasteiger partial charge in [-0.3, -0.25) is 4.79 Å². The van der Waals surface area contributed by atoms with Gasteiger partial charge in [-0.2, -0.15) is 0 Å². The highest BCUT2D eigenvalue weighted by Crippen LogP contribution is 2.33. The number of nitrogens with zero attached hydrogens (tertiary/aromatic N) is 1. The summed E-state index contributed by atoms with van der Waals surface area (Å²) in [5, 5.41) is 18.4. The van der Waals surface area contributed by atoms with Crippen LogP contribution >= 0.6 is 0 Å². The van der Waals surface area contributed by atoms with Crippen molar-refractivity contribution in [3.8, 4) is 0 Å². The van der Waals surface area contributed by atoms with E-state index in [1.807, 2.05) is 6.92 Å². The van der Waals surface area contributed by atoms with Crippen molar-refractivity contribution in [3.05, 3.63) is 29.6 Å². The molecule has 0 radical (unpaired) electrons. The van der Waals surface area contributed by atoms with Crippen molar-refractivity contribution >= 4 is 18.5 Å². The molecule has 0 aliphatic carbocycles. The smallest absolute Gasteiger partial charge is 0.423 e. The lowest BCUT2D eigenvalue weighted by Crippen LogP contribution is -2.57. The standard InChI is InChI=1S/C15H19BFNO5/c1-10-15(4-6-22-10)9-18(5-7-23-15)14(19)12-8-11(16(20)21)2-3-13(12)17/h2-3,8,10,20-21H,4-7,9H2,1H3. The fourth-order valence-electron chi connectivity index (χ4n) is 3.18. The van der Waals surface area contributed by atoms with Gasteiger partial charge in [-0.15, -0.1) is 0 Å². The molecule has 1 amide bonds. The predicted octanol–water partition coefficient (Wildman–Crippen LogP) is -0.474. The van der Waals surface area contributed by atoms with Crippen LogP contribution in [0.1, 0.15) is 23.7 Å². The first-order chi connectivity index (χ1) is 10.9. The molecule has 6 nitrogen and oxygen atoms in total. The van der Waals surface area contributed by atoms with Crippen LogP contribution in [0.4, 0.5) is 4.39 Å². The maximum Gasteiger partial charge on any atom is 0.488 e. The Labute approximate surface area is 133 Å². The van der Waals surface area contributed by atoms with Crippen molar-refractivity contribution in [3.63, 3.8) is 0 Å². The molecule has 1 aromatic rings. The summed E-state index contributed by atoms with van der Waals surface area (Å²) in [6.07, 6.45) is 0.559. The minimum atomic E-state index is -1.75. The Morgan fingerprint density at radius 3 is 2.87 bits per heavy atom. The molecule has 124 valence electrons. The van der Waals surface area contributed by atoms with Crippen molar-refractivity contribution in [1.29, 1.82) is 0 Å². The number of rotatable bonds is 2. The quantitative estimate of drug-likeness (QED) is 0.719. The van der Waals surface area contributed by atoms with Gasteiger partial charge in [0.1, 0.15) is 11.4 Å². The molecule has 2 unspecified atom stereocenters. The molecule has 23 heavy (non-hydrogen) atoms. The summed E-state index contributed by atoms with van der Waals surface area (Å²) < 4.78 is 25.4. The number of amides is 1. The number of hydrogen-bond acceptors (Lipinski definition) is 5. The minimum absolute atomic E-state index is 0.0790. The average Bonchev–Trinajstić information content (AvgIpc) is 2.87. The molecular weight excluding hydrogens is 304 g/mol. The van der Waals surface area contributed by atoms with Crippen molar-refractivity contribution < 1.29 is 28.7 Å². The molecule has 2 heterocycles. The monoisotopic (exact) mass is 323 g/mol. The van der Waals surface area contributed by atoms with Gasteiger partial charge in [0.05, 0.1) is 24.8 Å². The van der Waals surface area contributed by atoms with Gasteiger partial charge in [0.2, 0.25) is 0 Å². The number of benzene rings is 1. The van der Waals surface area contributed by atoms with Gasteiger partial charge in [-0.1, -0.05) is 6.07 Å². The lowest BCUT2D eigenvalue weighted by atomic mass is 9.79. The zero-order chi connectivity index (χ0) is 16.6. The average molecular weight is 323 g/mol. The zero-order valence-corrected chi connectivity index (χ0v) is 12.9. The molecule has 3 rings (SSSR count). The number of hydrogen-bond donors (Lipinski definition) is 2. The Morgan fingerprint density at radius 2 is 2.22 bits per heavy atom. The van der Waals surface area contributed by atoms with E-state index in [9.17, 15) is 19.2 Å². The fraction of sp³-hybridized carbons (Fsp3) is 0.533. The van der Waals surface area contributed by atoms with Gasteiger partial charge < -0.3 is 24.4 Å². The molecule has 2 atom stereocenters. The fourth-order valence-corrected chi connectivity index (χ4v) is 3.18. The molecule has 8 heteroatoms. The van der Waals surface area contributed by atoms with Crippen molar-refractivity contribution in [2.75, 3.05) is 26.3 Å². The molecule has 0 bridgehead atoms. The van der Waals surface area contributed by atoms with Crippen LogP contribution in [0.3, 0.4) is 0 Å². The van der Waals surface area contributed by atoms with Gasteiger partial charge >= 0.3 is 7.12 Å². The van der Waals surface area contributed by atoms with E-state index >= 15 is 0 Å². The highest BCUT2D eigenvalue weighted by molar-refractivity contribution is 6.58. The third-order valence-corrected chi connectivity index (χ3v) is 4.65. The molecule has 2 fully saturated rings. The van der Waals surface area contributed by atoms with Crippen LogP contribution < -0.4 is 5.46 Å². The van der Waals surface area contributed by atoms with Crippen LogP contribution in [-0.4, -0.2) is 66.0 Å². The van der Waals surface area contributed by atoms with Crippen LogP contribution in [0.15, 0.2) is 18.2 Å². The minimum Gasteiger partial charge on any atom is -0.423 e. The van der Waals surface area contributed by atoms with Gasteiger partial charge in [-0.05, 0) is 24.5 Å². The van der Waals surface area contributed by atoms with Crippen molar-refractivity contribution in [2.24, 2.45) is 0 Å². The number of carbonyl (C=O) groups excluding carboxylic acids is 1. The Morgan fingerprint density at radius 1 is 1.43 bits per heavy atom. The van der Waals surface area contributed by atoms with Crippen LogP contribution in [0.25, 0.3) is 0 Å². The second-order valence-electron chi connectivity index (χ2n) is 6.02. The summed E-state index contributed by atoms with van der Waals surface area (Å²) in [5.74, 6) is -1.16. The maximum atomic E-state index is 14.0. The molecule has 1 spiro atoms. The summed E-state index contributed by atoms with van der Waals surface area (Å²) in [6.45, 7) is 3.54. The molecule has 1 aromatic carbocycles. The van der Waals surface area contributed by atoms with Gasteiger partial charge in [0.15, 0.2) is 0 Å². The van der Waals surface area contributed by atoms with Crippen molar-refractivity contribution in [2.45, 2.75) is 25.0 Å². The molecule has 0 saturated carbocycles. The first-order valence-electron chi connectivity index (χ1n) is 7.63. The molecule has 2 aliphatic rings. The molecular formula is C15H19BFNO5. The van der Waals surface area contributed by atoms with Crippen LogP contribution in [0.2, 0.25) is 0 Å². The third kappa shape index (κ3) is 2.99. The number of carbonyl (C=O) groups is 1. The van der Waals surface area contributed by atoms with E-state index in [2.05, 4.69) is 0 Å². The van der Waals surface area contributed by atoms with Crippen LogP contribution in [0.5, 0.6) is 0 Å². The van der Waals surface area contributed by atoms with Gasteiger partial charge in [0.25, 0.3) is 5.91 Å². The SMILES string of the molecule is CC1OCCC12CN(C(=O)c1cc(B(O)O)ccc1F)CCO2. The lowest BCUT2D eigenvalue weighted by Gasteiger charge is -2.42. The largest absolute Gasteiger partial charge is 0.488 e. The second-order valence-corrected chi connectivity index (χ2v) is 6.02. The molecule has 2 aliphatic heterocycles. The van der Waals surface area contributed by atoms with E-state index in [0.29, 0.717) is 32.7 Å². The Hall–Kier alpha value is -1.48. The Bertz CT molecular complexity index is 614. The Balaban J connectivity index is 1.84. The summed E-state index contributed by atoms with van der Waals surface area (Å²) >= 11 is 0. The zero-order valence-electron chi connectivity index (χ0n) is 12.9. The summed E-state index contributed by atoms with van der Waals surface area (Å²) in [4.78, 5) is 14.2. The summed E-state index contributed by atoms with van der Waals surface area (Å²) in [7, 11) is -1.75. The first kappa shape index (κ1) is 16.4. The summed E-state index contributed by atoms with van der Waals surface area (Å²) in [5.41, 5.74) is -0.632. The van der Waals surface area contributed by atoms with E-state index in [-0.39, 0.29) is 17.1 Å². The second kappa shape index (κ2) is 6.20. The summed E-state index contributed by atoms with van der Waals surface area (Å²) in [6, 6.07) is 3.49. The Kier molecular flexibility index (Phi) is 4.42. The van der Waals surface area contributed by atoms with Gasteiger partial charge in [0, 0.05) is 19.6 Å². The van der Waals surface area contributed by atoms with Crippen LogP contribution in [0, 0.1) is 5.82 Å². The number of morpholine rings is 1. The molecule has 2 saturated heterocycles. The lowest BCUT2D eigenvalue weighted by molar-refractivity contribution is -0.126. The molecule has 2 N–H and O–H groups in total. The highest BCUT2D eigenvalue weighted by Gasteiger charge is 2.47. The van der Waals surface area contributed by atoms with E-state index in [1.165, 1.54) is 12.1 Å². The van der Waals surface area contributed by atoms with E-state index in [0.717, 1.165) is 6.07 Å². The highest BCUT2D eigenvalue weighted by atomic mass is 19.1. The first-order valence-corrected chi connectivity index (χ1v) is 7.63. The van der Waals surface area contributed by atoms with E-state index in [4.69, 9.17) is 9.47 Å².